The van der Waals surface area contributed by atoms with E-state index in [-0.39, 0.29) is 23.9 Å². The molecule has 106 valence electrons. The molecule has 1 aromatic heterocycles. The Balaban J connectivity index is 2.61. The Bertz CT molecular complexity index is 722. The van der Waals surface area contributed by atoms with Gasteiger partial charge in [-0.15, -0.1) is 0 Å². The maximum Gasteiger partial charge on any atom is 0.329 e. The van der Waals surface area contributed by atoms with Crippen LogP contribution in [-0.4, -0.2) is 23.3 Å². The van der Waals surface area contributed by atoms with E-state index >= 15 is 0 Å². The number of hydrogen-bond donors (Lipinski definition) is 1. The van der Waals surface area contributed by atoms with Crippen LogP contribution in [0.3, 0.4) is 0 Å². The average molecular weight is 299 g/mol. The molecule has 0 spiro atoms. The summed E-state index contributed by atoms with van der Waals surface area (Å²) >= 11 is 5.92. The molecule has 20 heavy (non-hydrogen) atoms. The Hall–Kier alpha value is -1.92. The van der Waals surface area contributed by atoms with E-state index in [9.17, 15) is 14.0 Å². The van der Waals surface area contributed by atoms with Gasteiger partial charge in [-0.05, 0) is 17.7 Å². The van der Waals surface area contributed by atoms with Gasteiger partial charge in [0, 0.05) is 7.11 Å². The highest BCUT2D eigenvalue weighted by Crippen LogP contribution is 2.21. The van der Waals surface area contributed by atoms with E-state index in [1.165, 1.54) is 31.4 Å². The monoisotopic (exact) mass is 298 g/mol. The zero-order valence-electron chi connectivity index (χ0n) is 10.7. The molecule has 1 aromatic carbocycles. The number of benzene rings is 1. The van der Waals surface area contributed by atoms with Crippen molar-refractivity contribution in [2.75, 3.05) is 13.7 Å². The van der Waals surface area contributed by atoms with Crippen LogP contribution in [0.15, 0.2) is 33.9 Å². The molecule has 0 fully saturated rings. The van der Waals surface area contributed by atoms with Crippen molar-refractivity contribution in [1.82, 2.24) is 9.55 Å². The minimum absolute atomic E-state index is 0.0692. The maximum atomic E-state index is 12.9. The van der Waals surface area contributed by atoms with Gasteiger partial charge in [0.1, 0.15) is 11.0 Å². The summed E-state index contributed by atoms with van der Waals surface area (Å²) in [5.74, 6) is -0.422. The topological polar surface area (TPSA) is 64.1 Å². The van der Waals surface area contributed by atoms with Crippen molar-refractivity contribution >= 4 is 11.6 Å². The number of nitrogens with one attached hydrogen (secondary N) is 1. The zero-order valence-corrected chi connectivity index (χ0v) is 11.4. The maximum absolute atomic E-state index is 12.9. The summed E-state index contributed by atoms with van der Waals surface area (Å²) in [5, 5.41) is -0.0692. The van der Waals surface area contributed by atoms with Crippen molar-refractivity contribution in [1.29, 1.82) is 0 Å². The second-order valence-corrected chi connectivity index (χ2v) is 4.45. The Morgan fingerprint density at radius 2 is 1.95 bits per heavy atom. The quantitative estimate of drug-likeness (QED) is 0.873. The number of aromatic amines is 1. The van der Waals surface area contributed by atoms with E-state index in [0.29, 0.717) is 5.56 Å². The van der Waals surface area contributed by atoms with Crippen LogP contribution in [0.2, 0.25) is 5.15 Å². The van der Waals surface area contributed by atoms with Gasteiger partial charge in [-0.3, -0.25) is 14.3 Å². The fourth-order valence-electron chi connectivity index (χ4n) is 1.80. The van der Waals surface area contributed by atoms with Gasteiger partial charge in [0.2, 0.25) is 0 Å². The number of rotatable bonds is 4. The van der Waals surface area contributed by atoms with Gasteiger partial charge >= 0.3 is 5.69 Å². The largest absolute Gasteiger partial charge is 0.383 e. The van der Waals surface area contributed by atoms with Gasteiger partial charge in [-0.1, -0.05) is 23.7 Å². The summed E-state index contributed by atoms with van der Waals surface area (Å²) in [6.45, 7) is 0.323. The molecule has 0 atom stereocenters. The lowest BCUT2D eigenvalue weighted by molar-refractivity contribution is 0.185. The number of H-pyrrole nitrogens is 1. The summed E-state index contributed by atoms with van der Waals surface area (Å²) < 4.78 is 18.8. The Kier molecular flexibility index (Phi) is 4.36. The predicted molar refractivity (Wildman–Crippen MR) is 73.6 cm³/mol. The lowest BCUT2D eigenvalue weighted by atomic mass is 10.1. The summed E-state index contributed by atoms with van der Waals surface area (Å²) in [5.41, 5.74) is -0.587. The molecule has 5 nitrogen and oxygen atoms in total. The third kappa shape index (κ3) is 2.81. The molecular formula is C13H12ClFN2O3. The van der Waals surface area contributed by atoms with Crippen molar-refractivity contribution < 1.29 is 9.13 Å². The van der Waals surface area contributed by atoms with Crippen molar-refractivity contribution in [3.8, 4) is 11.1 Å². The molecule has 0 aliphatic rings. The second kappa shape index (κ2) is 6.02. The van der Waals surface area contributed by atoms with Crippen LogP contribution in [0.4, 0.5) is 4.39 Å². The number of hydrogen-bond acceptors (Lipinski definition) is 3. The van der Waals surface area contributed by atoms with Crippen molar-refractivity contribution in [2.24, 2.45) is 0 Å². The first kappa shape index (κ1) is 14.5. The third-order valence-electron chi connectivity index (χ3n) is 2.79. The molecule has 2 rings (SSSR count). The normalized spacial score (nSPS) is 10.8. The molecule has 0 aliphatic carbocycles. The molecule has 0 saturated carbocycles. The average Bonchev–Trinajstić information content (AvgIpc) is 2.40. The Morgan fingerprint density at radius 1 is 1.30 bits per heavy atom. The lowest BCUT2D eigenvalue weighted by Crippen LogP contribution is -2.37. The van der Waals surface area contributed by atoms with Crippen LogP contribution in [0, 0.1) is 5.82 Å². The van der Waals surface area contributed by atoms with E-state index in [1.54, 1.807) is 0 Å². The van der Waals surface area contributed by atoms with Crippen LogP contribution in [0.1, 0.15) is 0 Å². The van der Waals surface area contributed by atoms with Crippen molar-refractivity contribution in [2.45, 2.75) is 6.54 Å². The fourth-order valence-corrected chi connectivity index (χ4v) is 2.07. The highest BCUT2D eigenvalue weighted by atomic mass is 35.5. The van der Waals surface area contributed by atoms with Crippen LogP contribution in [0.5, 0.6) is 0 Å². The van der Waals surface area contributed by atoms with E-state index in [4.69, 9.17) is 16.3 Å². The molecule has 0 amide bonds. The van der Waals surface area contributed by atoms with Crippen LogP contribution < -0.4 is 11.2 Å². The molecule has 0 bridgehead atoms. The highest BCUT2D eigenvalue weighted by Gasteiger charge is 2.14. The summed E-state index contributed by atoms with van der Waals surface area (Å²) in [6, 6.07) is 5.29. The van der Waals surface area contributed by atoms with Crippen LogP contribution in [-0.2, 0) is 11.3 Å². The molecule has 2 aromatic rings. The molecule has 0 unspecified atom stereocenters. The Morgan fingerprint density at radius 3 is 2.55 bits per heavy atom. The van der Waals surface area contributed by atoms with Gasteiger partial charge in [-0.25, -0.2) is 9.18 Å². The number of ether oxygens (including phenoxy) is 1. The second-order valence-electron chi connectivity index (χ2n) is 4.08. The van der Waals surface area contributed by atoms with Gasteiger partial charge in [-0.2, -0.15) is 0 Å². The first-order valence-electron chi connectivity index (χ1n) is 5.82. The number of nitrogens with zero attached hydrogens (tertiary/aromatic N) is 1. The molecule has 0 saturated heterocycles. The summed E-state index contributed by atoms with van der Waals surface area (Å²) in [4.78, 5) is 26.4. The molecule has 7 heteroatoms. The number of methoxy groups -OCH3 is 1. The lowest BCUT2D eigenvalue weighted by Gasteiger charge is -2.08. The smallest absolute Gasteiger partial charge is 0.329 e. The van der Waals surface area contributed by atoms with E-state index in [2.05, 4.69) is 4.98 Å². The van der Waals surface area contributed by atoms with Gasteiger partial charge in [0.25, 0.3) is 5.56 Å². The minimum atomic E-state index is -0.608. The number of halogens is 2. The first-order chi connectivity index (χ1) is 9.54. The molecule has 1 heterocycles. The third-order valence-corrected chi connectivity index (χ3v) is 3.08. The van der Waals surface area contributed by atoms with Gasteiger partial charge in [0.05, 0.1) is 18.7 Å². The SMILES string of the molecule is COCCn1c(=O)[nH]c(Cl)c(-c2ccc(F)cc2)c1=O. The van der Waals surface area contributed by atoms with Gasteiger partial charge < -0.3 is 4.74 Å². The van der Waals surface area contributed by atoms with Crippen LogP contribution in [0.25, 0.3) is 11.1 Å². The summed E-state index contributed by atoms with van der Waals surface area (Å²) in [7, 11) is 1.47. The van der Waals surface area contributed by atoms with E-state index < -0.39 is 17.1 Å². The Labute approximate surface area is 118 Å². The van der Waals surface area contributed by atoms with Crippen molar-refractivity contribution in [3.05, 3.63) is 56.1 Å². The van der Waals surface area contributed by atoms with Crippen molar-refractivity contribution in [3.63, 3.8) is 0 Å². The van der Waals surface area contributed by atoms with Gasteiger partial charge in [0.15, 0.2) is 0 Å². The first-order valence-corrected chi connectivity index (χ1v) is 6.20. The standard InChI is InChI=1S/C13H12ClFN2O3/c1-20-7-6-17-12(18)10(11(14)16-13(17)19)8-2-4-9(15)5-3-8/h2-5H,6-7H2,1H3,(H,16,19). The van der Waals surface area contributed by atoms with E-state index in [1.807, 2.05) is 0 Å². The predicted octanol–water partition coefficient (Wildman–Crippen LogP) is 1.64. The highest BCUT2D eigenvalue weighted by molar-refractivity contribution is 6.32. The summed E-state index contributed by atoms with van der Waals surface area (Å²) in [6.07, 6.45) is 0. The molecular weight excluding hydrogens is 287 g/mol. The number of aromatic nitrogens is 2. The molecule has 0 radical (unpaired) electrons. The van der Waals surface area contributed by atoms with E-state index in [0.717, 1.165) is 4.57 Å². The minimum Gasteiger partial charge on any atom is -0.383 e. The fraction of sp³-hybridized carbons (Fsp3) is 0.231. The zero-order chi connectivity index (χ0) is 14.7. The van der Waals surface area contributed by atoms with Crippen LogP contribution >= 0.6 is 11.6 Å². The molecule has 0 aliphatic heterocycles. The molecule has 1 N–H and O–H groups in total.